The predicted octanol–water partition coefficient (Wildman–Crippen LogP) is 0.957. The molecule has 2 rings (SSSR count). The summed E-state index contributed by atoms with van der Waals surface area (Å²) in [5.41, 5.74) is 0.0777. The molecule has 1 atom stereocenters. The maximum absolute atomic E-state index is 11.2. The summed E-state index contributed by atoms with van der Waals surface area (Å²) in [5, 5.41) is 0. The Morgan fingerprint density at radius 3 is 2.87 bits per heavy atom. The number of nitrogens with one attached hydrogen (secondary N) is 1. The van der Waals surface area contributed by atoms with Crippen molar-refractivity contribution in [1.82, 2.24) is 9.72 Å². The molecule has 0 aromatic carbocycles. The summed E-state index contributed by atoms with van der Waals surface area (Å²) in [6, 6.07) is 0. The van der Waals surface area contributed by atoms with Gasteiger partial charge in [-0.2, -0.15) is 0 Å². The topological polar surface area (TPSA) is 68.0 Å². The van der Waals surface area contributed by atoms with E-state index in [1.165, 1.54) is 0 Å². The summed E-state index contributed by atoms with van der Waals surface area (Å²) in [6.45, 7) is 2.11. The Morgan fingerprint density at radius 1 is 1.60 bits per heavy atom. The lowest BCUT2D eigenvalue weighted by Gasteiger charge is -2.12. The minimum atomic E-state index is -0.730. The third-order valence-electron chi connectivity index (χ3n) is 2.50. The number of H-pyrrole nitrogens is 1. The van der Waals surface area contributed by atoms with Crippen molar-refractivity contribution in [3.8, 4) is 0 Å². The number of nitrogens with zero attached hydrogens (tertiary/aromatic N) is 1. The van der Waals surface area contributed by atoms with Crippen LogP contribution in [0.25, 0.3) is 5.70 Å². The Hall–Kier alpha value is -1.78. The molecule has 15 heavy (non-hydrogen) atoms. The fraction of sp³-hybridized carbons (Fsp3) is 0.400. The van der Waals surface area contributed by atoms with Crippen LogP contribution in [0.4, 0.5) is 0 Å². The van der Waals surface area contributed by atoms with Crippen LogP contribution in [-0.4, -0.2) is 9.72 Å². The molecule has 80 valence electrons. The van der Waals surface area contributed by atoms with Crippen molar-refractivity contribution in [2.24, 2.45) is 5.92 Å². The zero-order chi connectivity index (χ0) is 10.8. The van der Waals surface area contributed by atoms with Gasteiger partial charge >= 0.3 is 11.4 Å². The second-order valence-electron chi connectivity index (χ2n) is 3.50. The first-order chi connectivity index (χ1) is 7.20. The summed E-state index contributed by atoms with van der Waals surface area (Å²) in [4.78, 5) is 24.0. The van der Waals surface area contributed by atoms with Crippen LogP contribution in [0.1, 0.15) is 19.8 Å². The maximum atomic E-state index is 11.2. The number of hydrogen-bond acceptors (Lipinski definition) is 3. The van der Waals surface area contributed by atoms with Crippen molar-refractivity contribution in [2.45, 2.75) is 19.8 Å². The van der Waals surface area contributed by atoms with Gasteiger partial charge in [0.05, 0.1) is 5.70 Å². The fourth-order valence-electron chi connectivity index (χ4n) is 1.56. The van der Waals surface area contributed by atoms with Crippen LogP contribution in [0, 0.1) is 5.92 Å². The van der Waals surface area contributed by atoms with Crippen molar-refractivity contribution in [2.75, 3.05) is 0 Å². The highest BCUT2D eigenvalue weighted by atomic mass is 16.5. The van der Waals surface area contributed by atoms with Crippen LogP contribution in [0.15, 0.2) is 32.3 Å². The van der Waals surface area contributed by atoms with E-state index in [9.17, 15) is 9.59 Å². The largest absolute Gasteiger partial charge is 0.440 e. The summed E-state index contributed by atoms with van der Waals surface area (Å²) >= 11 is 0. The van der Waals surface area contributed by atoms with Gasteiger partial charge in [-0.1, -0.05) is 19.1 Å². The van der Waals surface area contributed by atoms with Crippen molar-refractivity contribution in [3.63, 3.8) is 0 Å². The van der Waals surface area contributed by atoms with Crippen LogP contribution in [0.3, 0.4) is 0 Å². The van der Waals surface area contributed by atoms with E-state index in [1.54, 1.807) is 6.08 Å². The number of aromatic amines is 1. The molecule has 5 heteroatoms. The molecule has 0 radical (unpaired) electrons. The zero-order valence-electron chi connectivity index (χ0n) is 8.40. The van der Waals surface area contributed by atoms with Gasteiger partial charge in [0.15, 0.2) is 0 Å². The molecule has 0 bridgehead atoms. The van der Waals surface area contributed by atoms with Gasteiger partial charge < -0.3 is 4.52 Å². The Morgan fingerprint density at radius 2 is 2.40 bits per heavy atom. The monoisotopic (exact) mass is 208 g/mol. The van der Waals surface area contributed by atoms with E-state index in [1.807, 2.05) is 17.1 Å². The Kier molecular flexibility index (Phi) is 2.45. The summed E-state index contributed by atoms with van der Waals surface area (Å²) in [6.07, 6.45) is 7.65. The highest BCUT2D eigenvalue weighted by Crippen LogP contribution is 2.20. The van der Waals surface area contributed by atoms with Crippen molar-refractivity contribution >= 4 is 5.70 Å². The van der Waals surface area contributed by atoms with Gasteiger partial charge in [0, 0.05) is 0 Å². The van der Waals surface area contributed by atoms with E-state index in [4.69, 9.17) is 4.52 Å². The molecule has 0 aliphatic heterocycles. The second-order valence-corrected chi connectivity index (χ2v) is 3.50. The van der Waals surface area contributed by atoms with Crippen molar-refractivity contribution in [1.29, 1.82) is 0 Å². The molecule has 1 aliphatic rings. The van der Waals surface area contributed by atoms with E-state index in [0.29, 0.717) is 11.6 Å². The molecule has 1 heterocycles. The van der Waals surface area contributed by atoms with Crippen LogP contribution < -0.4 is 11.4 Å². The number of hydrogen-bond donors (Lipinski definition) is 1. The van der Waals surface area contributed by atoms with Crippen molar-refractivity contribution < 1.29 is 4.52 Å². The van der Waals surface area contributed by atoms with Gasteiger partial charge in [0.25, 0.3) is 0 Å². The molecule has 1 aliphatic carbocycles. The number of rotatable bonds is 2. The third kappa shape index (κ3) is 1.86. The molecule has 1 N–H and O–H groups in total. The molecular weight excluding hydrogens is 196 g/mol. The molecule has 0 saturated heterocycles. The SMILES string of the molecule is CCC1C=CC(n2oc(=O)[nH]c2=O)=CC1. The summed E-state index contributed by atoms with van der Waals surface area (Å²) in [5.74, 6) is -0.220. The van der Waals surface area contributed by atoms with Gasteiger partial charge in [0.2, 0.25) is 0 Å². The standard InChI is InChI=1S/C10H12N2O3/c1-2-7-3-5-8(6-4-7)12-9(13)11-10(14)15-12/h3,5-7H,2,4H2,1H3,(H,11,13,14). The van der Waals surface area contributed by atoms with E-state index in [2.05, 4.69) is 6.92 Å². The first kappa shape index (κ1) is 9.76. The van der Waals surface area contributed by atoms with Gasteiger partial charge in [-0.3, -0.25) is 0 Å². The predicted molar refractivity (Wildman–Crippen MR) is 55.4 cm³/mol. The third-order valence-corrected chi connectivity index (χ3v) is 2.50. The lowest BCUT2D eigenvalue weighted by molar-refractivity contribution is 0.321. The first-order valence-corrected chi connectivity index (χ1v) is 4.92. The highest BCUT2D eigenvalue weighted by Gasteiger charge is 2.11. The highest BCUT2D eigenvalue weighted by molar-refractivity contribution is 5.56. The lowest BCUT2D eigenvalue weighted by Crippen LogP contribution is -2.16. The van der Waals surface area contributed by atoms with Crippen LogP contribution in [0.5, 0.6) is 0 Å². The van der Waals surface area contributed by atoms with E-state index < -0.39 is 11.4 Å². The maximum Gasteiger partial charge on any atom is 0.440 e. The Balaban J connectivity index is 2.32. The molecule has 1 aromatic rings. The Labute approximate surface area is 85.7 Å². The first-order valence-electron chi connectivity index (χ1n) is 4.92. The lowest BCUT2D eigenvalue weighted by atomic mass is 9.97. The van der Waals surface area contributed by atoms with Gasteiger partial charge in [-0.15, -0.1) is 4.74 Å². The average Bonchev–Trinajstić information content (AvgIpc) is 2.58. The molecule has 0 fully saturated rings. The van der Waals surface area contributed by atoms with E-state index in [-0.39, 0.29) is 0 Å². The average molecular weight is 208 g/mol. The van der Waals surface area contributed by atoms with E-state index in [0.717, 1.165) is 17.6 Å². The van der Waals surface area contributed by atoms with Crippen LogP contribution in [-0.2, 0) is 0 Å². The minimum Gasteiger partial charge on any atom is -0.312 e. The van der Waals surface area contributed by atoms with Crippen LogP contribution in [0.2, 0.25) is 0 Å². The van der Waals surface area contributed by atoms with E-state index >= 15 is 0 Å². The second kappa shape index (κ2) is 3.76. The number of aromatic nitrogens is 2. The molecule has 5 nitrogen and oxygen atoms in total. The molecule has 0 saturated carbocycles. The Bertz CT molecular complexity index is 515. The quantitative estimate of drug-likeness (QED) is 0.786. The van der Waals surface area contributed by atoms with Gasteiger partial charge in [0.1, 0.15) is 0 Å². The molecule has 0 spiro atoms. The van der Waals surface area contributed by atoms with Gasteiger partial charge in [-0.25, -0.2) is 14.6 Å². The van der Waals surface area contributed by atoms with Crippen LogP contribution >= 0.6 is 0 Å². The molecule has 1 aromatic heterocycles. The summed E-state index contributed by atoms with van der Waals surface area (Å²) < 4.78 is 5.67. The number of allylic oxidation sites excluding steroid dienone is 4. The fourth-order valence-corrected chi connectivity index (χ4v) is 1.56. The molecular formula is C10H12N2O3. The van der Waals surface area contributed by atoms with Crippen molar-refractivity contribution in [3.05, 3.63) is 39.3 Å². The molecule has 1 unspecified atom stereocenters. The minimum absolute atomic E-state index is 0.509. The van der Waals surface area contributed by atoms with Gasteiger partial charge in [-0.05, 0) is 24.8 Å². The molecule has 0 amide bonds. The smallest absolute Gasteiger partial charge is 0.312 e. The summed E-state index contributed by atoms with van der Waals surface area (Å²) in [7, 11) is 0. The normalized spacial score (nSPS) is 20.3. The zero-order valence-corrected chi connectivity index (χ0v) is 8.40.